The van der Waals surface area contributed by atoms with Crippen molar-refractivity contribution in [3.8, 4) is 0 Å². The Kier molecular flexibility index (Phi) is 3.72. The molecular formula is C17H23N3. The van der Waals surface area contributed by atoms with E-state index in [1.165, 1.54) is 17.4 Å². The highest BCUT2D eigenvalue weighted by Gasteiger charge is 2.28. The van der Waals surface area contributed by atoms with E-state index in [2.05, 4.69) is 59.4 Å². The van der Waals surface area contributed by atoms with Crippen LogP contribution in [0.25, 0.3) is 10.9 Å². The second kappa shape index (κ2) is 5.51. The lowest BCUT2D eigenvalue weighted by molar-refractivity contribution is 0.134. The maximum atomic E-state index is 4.45. The molecule has 3 rings (SSSR count). The van der Waals surface area contributed by atoms with Gasteiger partial charge in [0, 0.05) is 43.3 Å². The van der Waals surface area contributed by atoms with Crippen molar-refractivity contribution in [2.24, 2.45) is 0 Å². The van der Waals surface area contributed by atoms with Crippen LogP contribution in [0, 0.1) is 0 Å². The lowest BCUT2D eigenvalue weighted by Crippen LogP contribution is -2.58. The van der Waals surface area contributed by atoms with Gasteiger partial charge in [0.05, 0.1) is 5.52 Å². The lowest BCUT2D eigenvalue weighted by Gasteiger charge is -2.41. The number of fused-ring (bicyclic) bond motifs is 1. The number of para-hydroxylation sites is 1. The molecule has 3 heteroatoms. The molecule has 3 nitrogen and oxygen atoms in total. The molecule has 1 N–H and O–H groups in total. The van der Waals surface area contributed by atoms with E-state index in [1.54, 1.807) is 0 Å². The number of hydrogen-bond donors (Lipinski definition) is 1. The van der Waals surface area contributed by atoms with Gasteiger partial charge in [-0.05, 0) is 31.0 Å². The van der Waals surface area contributed by atoms with Gasteiger partial charge < -0.3 is 5.32 Å². The molecular weight excluding hydrogens is 246 g/mol. The number of pyridine rings is 1. The standard InChI is InChI=1S/C17H23N3/c1-3-17(2)13-20(11-10-19-17)12-14-8-9-18-16-7-5-4-6-15(14)16/h4-9,19H,3,10-13H2,1-2H3. The highest BCUT2D eigenvalue weighted by molar-refractivity contribution is 5.81. The Morgan fingerprint density at radius 2 is 2.15 bits per heavy atom. The molecule has 20 heavy (non-hydrogen) atoms. The maximum Gasteiger partial charge on any atom is 0.0705 e. The quantitative estimate of drug-likeness (QED) is 0.928. The van der Waals surface area contributed by atoms with Crippen molar-refractivity contribution < 1.29 is 0 Å². The molecule has 1 unspecified atom stereocenters. The van der Waals surface area contributed by atoms with Gasteiger partial charge in [-0.2, -0.15) is 0 Å². The topological polar surface area (TPSA) is 28.2 Å². The van der Waals surface area contributed by atoms with Crippen LogP contribution in [0.3, 0.4) is 0 Å². The molecule has 0 spiro atoms. The van der Waals surface area contributed by atoms with Crippen molar-refractivity contribution in [2.75, 3.05) is 19.6 Å². The van der Waals surface area contributed by atoms with E-state index in [9.17, 15) is 0 Å². The maximum absolute atomic E-state index is 4.45. The Balaban J connectivity index is 1.83. The average Bonchev–Trinajstić information content (AvgIpc) is 2.48. The Labute approximate surface area is 121 Å². The van der Waals surface area contributed by atoms with Crippen molar-refractivity contribution in [2.45, 2.75) is 32.4 Å². The Morgan fingerprint density at radius 1 is 1.30 bits per heavy atom. The number of nitrogens with one attached hydrogen (secondary N) is 1. The van der Waals surface area contributed by atoms with Gasteiger partial charge in [-0.15, -0.1) is 0 Å². The Morgan fingerprint density at radius 3 is 3.00 bits per heavy atom. The summed E-state index contributed by atoms with van der Waals surface area (Å²) in [5.41, 5.74) is 2.73. The van der Waals surface area contributed by atoms with E-state index in [1.807, 2.05) is 6.20 Å². The summed E-state index contributed by atoms with van der Waals surface area (Å²) in [7, 11) is 0. The molecule has 0 radical (unpaired) electrons. The molecule has 2 aromatic rings. The predicted octanol–water partition coefficient (Wildman–Crippen LogP) is 2.81. The molecule has 0 aliphatic carbocycles. The van der Waals surface area contributed by atoms with Gasteiger partial charge in [0.15, 0.2) is 0 Å². The molecule has 1 fully saturated rings. The van der Waals surface area contributed by atoms with Gasteiger partial charge in [0.25, 0.3) is 0 Å². The first-order valence-electron chi connectivity index (χ1n) is 7.50. The smallest absolute Gasteiger partial charge is 0.0705 e. The zero-order valence-electron chi connectivity index (χ0n) is 12.4. The SMILES string of the molecule is CCC1(C)CN(Cc2ccnc3ccccc23)CCN1. The summed E-state index contributed by atoms with van der Waals surface area (Å²) in [6, 6.07) is 10.6. The summed E-state index contributed by atoms with van der Waals surface area (Å²) in [4.78, 5) is 7.01. The number of nitrogens with zero attached hydrogens (tertiary/aromatic N) is 2. The number of benzene rings is 1. The molecule has 1 aromatic carbocycles. The van der Waals surface area contributed by atoms with Crippen LogP contribution >= 0.6 is 0 Å². The van der Waals surface area contributed by atoms with Crippen LogP contribution in [0.1, 0.15) is 25.8 Å². The van der Waals surface area contributed by atoms with E-state index in [-0.39, 0.29) is 5.54 Å². The van der Waals surface area contributed by atoms with E-state index in [0.29, 0.717) is 0 Å². The zero-order valence-corrected chi connectivity index (χ0v) is 12.4. The van der Waals surface area contributed by atoms with Crippen LogP contribution in [0.2, 0.25) is 0 Å². The minimum Gasteiger partial charge on any atom is -0.309 e. The third kappa shape index (κ3) is 2.69. The Hall–Kier alpha value is -1.45. The van der Waals surface area contributed by atoms with Crippen LogP contribution in [0.15, 0.2) is 36.5 Å². The summed E-state index contributed by atoms with van der Waals surface area (Å²) in [6.07, 6.45) is 3.10. The summed E-state index contributed by atoms with van der Waals surface area (Å²) in [6.45, 7) is 8.90. The van der Waals surface area contributed by atoms with Gasteiger partial charge in [-0.25, -0.2) is 0 Å². The predicted molar refractivity (Wildman–Crippen MR) is 83.7 cm³/mol. The van der Waals surface area contributed by atoms with Crippen LogP contribution in [0.5, 0.6) is 0 Å². The van der Waals surface area contributed by atoms with Crippen LogP contribution in [-0.2, 0) is 6.54 Å². The first-order valence-corrected chi connectivity index (χ1v) is 7.50. The highest BCUT2D eigenvalue weighted by atomic mass is 15.2. The summed E-state index contributed by atoms with van der Waals surface area (Å²) in [5, 5.41) is 4.93. The van der Waals surface area contributed by atoms with Crippen molar-refractivity contribution >= 4 is 10.9 Å². The van der Waals surface area contributed by atoms with Gasteiger partial charge in [-0.3, -0.25) is 9.88 Å². The number of hydrogen-bond acceptors (Lipinski definition) is 3. The molecule has 1 atom stereocenters. The minimum atomic E-state index is 0.251. The fourth-order valence-corrected chi connectivity index (χ4v) is 3.05. The second-order valence-corrected chi connectivity index (χ2v) is 6.04. The lowest BCUT2D eigenvalue weighted by atomic mass is 9.95. The molecule has 1 aliphatic heterocycles. The monoisotopic (exact) mass is 269 g/mol. The van der Waals surface area contributed by atoms with Crippen LogP contribution < -0.4 is 5.32 Å². The molecule has 0 saturated carbocycles. The third-order valence-electron chi connectivity index (χ3n) is 4.47. The van der Waals surface area contributed by atoms with Crippen molar-refractivity contribution in [1.29, 1.82) is 0 Å². The normalized spacial score (nSPS) is 24.1. The first-order chi connectivity index (χ1) is 9.70. The second-order valence-electron chi connectivity index (χ2n) is 6.04. The van der Waals surface area contributed by atoms with E-state index in [0.717, 1.165) is 31.7 Å². The summed E-state index contributed by atoms with van der Waals surface area (Å²) < 4.78 is 0. The van der Waals surface area contributed by atoms with Crippen LogP contribution in [-0.4, -0.2) is 35.1 Å². The molecule has 1 saturated heterocycles. The molecule has 0 amide bonds. The number of piperazine rings is 1. The first kappa shape index (κ1) is 13.5. The van der Waals surface area contributed by atoms with Crippen molar-refractivity contribution in [3.05, 3.63) is 42.1 Å². The highest BCUT2D eigenvalue weighted by Crippen LogP contribution is 2.21. The average molecular weight is 269 g/mol. The summed E-state index contributed by atoms with van der Waals surface area (Å²) >= 11 is 0. The number of aromatic nitrogens is 1. The molecule has 0 bridgehead atoms. The molecule has 1 aliphatic rings. The molecule has 106 valence electrons. The fourth-order valence-electron chi connectivity index (χ4n) is 3.05. The zero-order chi connectivity index (χ0) is 14.0. The third-order valence-corrected chi connectivity index (χ3v) is 4.47. The van der Waals surface area contributed by atoms with Crippen LogP contribution in [0.4, 0.5) is 0 Å². The summed E-state index contributed by atoms with van der Waals surface area (Å²) in [5.74, 6) is 0. The minimum absolute atomic E-state index is 0.251. The number of rotatable bonds is 3. The molecule has 2 heterocycles. The van der Waals surface area contributed by atoms with E-state index >= 15 is 0 Å². The van der Waals surface area contributed by atoms with Gasteiger partial charge >= 0.3 is 0 Å². The van der Waals surface area contributed by atoms with Gasteiger partial charge in [-0.1, -0.05) is 25.1 Å². The van der Waals surface area contributed by atoms with Gasteiger partial charge in [0.2, 0.25) is 0 Å². The fraction of sp³-hybridized carbons (Fsp3) is 0.471. The van der Waals surface area contributed by atoms with Crippen molar-refractivity contribution in [3.63, 3.8) is 0 Å². The van der Waals surface area contributed by atoms with E-state index in [4.69, 9.17) is 0 Å². The largest absolute Gasteiger partial charge is 0.309 e. The Bertz CT molecular complexity index is 590. The van der Waals surface area contributed by atoms with Crippen molar-refractivity contribution in [1.82, 2.24) is 15.2 Å². The van der Waals surface area contributed by atoms with E-state index < -0.39 is 0 Å². The molecule has 1 aromatic heterocycles. The van der Waals surface area contributed by atoms with Gasteiger partial charge in [0.1, 0.15) is 0 Å².